The number of nitrogens with zero attached hydrogens (tertiary/aromatic N) is 1. The molecule has 0 aliphatic rings. The Balaban J connectivity index is 3.58. The lowest BCUT2D eigenvalue weighted by Gasteiger charge is -1.79. The largest absolute Gasteiger partial charge is 0.404 e. The Bertz CT molecular complexity index is 95.9. The van der Waals surface area contributed by atoms with E-state index in [-0.39, 0.29) is 0 Å². The van der Waals surface area contributed by atoms with Crippen molar-refractivity contribution in [2.24, 2.45) is 10.7 Å². The first-order chi connectivity index (χ1) is 3.31. The molecule has 0 unspecified atom stereocenters. The summed E-state index contributed by atoms with van der Waals surface area (Å²) in [6.07, 6.45) is 2.96. The van der Waals surface area contributed by atoms with E-state index in [9.17, 15) is 0 Å². The first kappa shape index (κ1) is 6.56. The summed E-state index contributed by atoms with van der Waals surface area (Å²) in [6, 6.07) is 0. The van der Waals surface area contributed by atoms with E-state index in [1.54, 1.807) is 13.3 Å². The molecule has 0 heterocycles. The molecule has 0 spiro atoms. The van der Waals surface area contributed by atoms with Gasteiger partial charge >= 0.3 is 0 Å². The highest BCUT2D eigenvalue weighted by atomic mass is 32.1. The molecule has 0 aromatic rings. The van der Waals surface area contributed by atoms with Gasteiger partial charge in [0.05, 0.1) is 0 Å². The monoisotopic (exact) mass is 116 g/mol. The standard InChI is InChI=1S/C4H8N2S/c1-6-3-4(7)2-5/h2-3,7H,5H2,1H3. The fourth-order valence-corrected chi connectivity index (χ4v) is 0.291. The molecule has 0 saturated heterocycles. The molecular formula is C4H8N2S. The Morgan fingerprint density at radius 2 is 2.43 bits per heavy atom. The predicted molar refractivity (Wildman–Crippen MR) is 35.7 cm³/mol. The Kier molecular flexibility index (Phi) is 3.50. The van der Waals surface area contributed by atoms with Crippen LogP contribution in [0.2, 0.25) is 0 Å². The minimum atomic E-state index is 0.683. The van der Waals surface area contributed by atoms with Gasteiger partial charge in [0.15, 0.2) is 0 Å². The first-order valence-electron chi connectivity index (χ1n) is 1.84. The Labute approximate surface area is 48.5 Å². The summed E-state index contributed by atoms with van der Waals surface area (Å²) in [6.45, 7) is 0. The van der Waals surface area contributed by atoms with Crippen LogP contribution in [0.4, 0.5) is 0 Å². The number of hydrogen-bond donors (Lipinski definition) is 2. The second-order valence-corrected chi connectivity index (χ2v) is 1.50. The summed E-state index contributed by atoms with van der Waals surface area (Å²) in [4.78, 5) is 4.34. The van der Waals surface area contributed by atoms with Crippen molar-refractivity contribution in [2.45, 2.75) is 0 Å². The van der Waals surface area contributed by atoms with Gasteiger partial charge in [-0.2, -0.15) is 0 Å². The fraction of sp³-hybridized carbons (Fsp3) is 0.250. The summed E-state index contributed by atoms with van der Waals surface area (Å²) in [7, 11) is 1.67. The molecule has 7 heavy (non-hydrogen) atoms. The average molecular weight is 116 g/mol. The lowest BCUT2D eigenvalue weighted by Crippen LogP contribution is -1.81. The van der Waals surface area contributed by atoms with Crippen LogP contribution in [0, 0.1) is 0 Å². The van der Waals surface area contributed by atoms with Crippen molar-refractivity contribution in [3.8, 4) is 0 Å². The van der Waals surface area contributed by atoms with Gasteiger partial charge in [0.25, 0.3) is 0 Å². The molecule has 0 amide bonds. The molecule has 0 aliphatic carbocycles. The van der Waals surface area contributed by atoms with E-state index in [4.69, 9.17) is 5.73 Å². The number of aliphatic imine (C=N–C) groups is 1. The van der Waals surface area contributed by atoms with Gasteiger partial charge < -0.3 is 5.73 Å². The van der Waals surface area contributed by atoms with Crippen LogP contribution in [0.5, 0.6) is 0 Å². The third-order valence-corrected chi connectivity index (χ3v) is 0.697. The van der Waals surface area contributed by atoms with E-state index in [1.165, 1.54) is 6.20 Å². The maximum atomic E-state index is 5.03. The molecule has 0 atom stereocenters. The second kappa shape index (κ2) is 3.74. The van der Waals surface area contributed by atoms with Gasteiger partial charge in [-0.1, -0.05) is 0 Å². The van der Waals surface area contributed by atoms with Crippen LogP contribution < -0.4 is 5.73 Å². The summed E-state index contributed by atoms with van der Waals surface area (Å²) in [5, 5.41) is 0. The molecule has 0 aliphatic heterocycles. The number of allylic oxidation sites excluding steroid dienone is 1. The zero-order chi connectivity index (χ0) is 5.70. The molecule has 2 N–H and O–H groups in total. The van der Waals surface area contributed by atoms with Crippen LogP contribution in [0.15, 0.2) is 16.1 Å². The molecule has 0 fully saturated rings. The summed E-state index contributed by atoms with van der Waals surface area (Å²) in [5.41, 5.74) is 5.03. The zero-order valence-corrected chi connectivity index (χ0v) is 5.02. The molecule has 40 valence electrons. The highest BCUT2D eigenvalue weighted by Gasteiger charge is 1.73. The highest BCUT2D eigenvalue weighted by molar-refractivity contribution is 7.85. The Hall–Kier alpha value is -0.440. The first-order valence-corrected chi connectivity index (χ1v) is 2.29. The van der Waals surface area contributed by atoms with Gasteiger partial charge in [-0.05, 0) is 0 Å². The maximum absolute atomic E-state index is 5.03. The number of nitrogens with two attached hydrogens (primary N) is 1. The number of thiol groups is 1. The van der Waals surface area contributed by atoms with E-state index in [0.717, 1.165) is 0 Å². The van der Waals surface area contributed by atoms with Crippen LogP contribution >= 0.6 is 12.6 Å². The van der Waals surface area contributed by atoms with Crippen molar-refractivity contribution in [3.05, 3.63) is 11.1 Å². The predicted octanol–water partition coefficient (Wildman–Crippen LogP) is 0.417. The van der Waals surface area contributed by atoms with E-state index in [2.05, 4.69) is 17.6 Å². The zero-order valence-electron chi connectivity index (χ0n) is 4.13. The van der Waals surface area contributed by atoms with Crippen molar-refractivity contribution >= 4 is 18.8 Å². The maximum Gasteiger partial charge on any atom is 0.0374 e. The minimum absolute atomic E-state index is 0.683. The van der Waals surface area contributed by atoms with Gasteiger partial charge in [0.2, 0.25) is 0 Å². The van der Waals surface area contributed by atoms with E-state index in [1.807, 2.05) is 0 Å². The third-order valence-electron chi connectivity index (χ3n) is 0.432. The van der Waals surface area contributed by atoms with Gasteiger partial charge in [-0.15, -0.1) is 12.6 Å². The van der Waals surface area contributed by atoms with Crippen molar-refractivity contribution in [1.82, 2.24) is 0 Å². The van der Waals surface area contributed by atoms with Crippen LogP contribution in [0.1, 0.15) is 0 Å². The molecule has 0 radical (unpaired) electrons. The van der Waals surface area contributed by atoms with Crippen LogP contribution in [0.25, 0.3) is 0 Å². The lowest BCUT2D eigenvalue weighted by atomic mass is 10.6. The van der Waals surface area contributed by atoms with E-state index >= 15 is 0 Å². The minimum Gasteiger partial charge on any atom is -0.404 e. The molecule has 0 rings (SSSR count). The quantitative estimate of drug-likeness (QED) is 0.378. The summed E-state index contributed by atoms with van der Waals surface area (Å²) in [5.74, 6) is 0. The lowest BCUT2D eigenvalue weighted by molar-refractivity contribution is 1.47. The third kappa shape index (κ3) is 3.39. The smallest absolute Gasteiger partial charge is 0.0374 e. The van der Waals surface area contributed by atoms with Crippen LogP contribution in [0.3, 0.4) is 0 Å². The normalized spacial score (nSPS) is 13.1. The van der Waals surface area contributed by atoms with Crippen molar-refractivity contribution in [2.75, 3.05) is 7.05 Å². The second-order valence-electron chi connectivity index (χ2n) is 0.979. The van der Waals surface area contributed by atoms with Crippen molar-refractivity contribution < 1.29 is 0 Å². The molecule has 0 saturated carbocycles. The number of hydrogen-bond acceptors (Lipinski definition) is 3. The molecule has 3 heteroatoms. The molecule has 2 nitrogen and oxygen atoms in total. The van der Waals surface area contributed by atoms with Crippen molar-refractivity contribution in [1.29, 1.82) is 0 Å². The van der Waals surface area contributed by atoms with Gasteiger partial charge in [0, 0.05) is 24.4 Å². The van der Waals surface area contributed by atoms with Crippen molar-refractivity contribution in [3.63, 3.8) is 0 Å². The Morgan fingerprint density at radius 1 is 1.86 bits per heavy atom. The van der Waals surface area contributed by atoms with E-state index < -0.39 is 0 Å². The highest BCUT2D eigenvalue weighted by Crippen LogP contribution is 1.89. The summed E-state index contributed by atoms with van der Waals surface area (Å²) >= 11 is 3.90. The molecule has 0 aromatic carbocycles. The average Bonchev–Trinajstić information content (AvgIpc) is 1.68. The van der Waals surface area contributed by atoms with Gasteiger partial charge in [-0.3, -0.25) is 4.99 Å². The SMILES string of the molecule is CN=CC(S)=CN. The summed E-state index contributed by atoms with van der Waals surface area (Å²) < 4.78 is 0. The Morgan fingerprint density at radius 3 is 2.57 bits per heavy atom. The number of rotatable bonds is 1. The molecule has 0 aromatic heterocycles. The van der Waals surface area contributed by atoms with Gasteiger partial charge in [0.1, 0.15) is 0 Å². The topological polar surface area (TPSA) is 38.4 Å². The van der Waals surface area contributed by atoms with E-state index in [0.29, 0.717) is 4.91 Å². The molecule has 0 bridgehead atoms. The van der Waals surface area contributed by atoms with Crippen LogP contribution in [-0.2, 0) is 0 Å². The van der Waals surface area contributed by atoms with Crippen LogP contribution in [-0.4, -0.2) is 13.3 Å². The fourth-order valence-electron chi connectivity index (χ4n) is 0.175. The molecular weight excluding hydrogens is 108 g/mol. The van der Waals surface area contributed by atoms with Gasteiger partial charge in [-0.25, -0.2) is 0 Å².